The van der Waals surface area contributed by atoms with Gasteiger partial charge < -0.3 is 19.8 Å². The fraction of sp³-hybridized carbons (Fsp3) is 0.333. The molecule has 0 saturated carbocycles. The molecular formula is C15H19N3O3. The normalized spacial score (nSPS) is 16.1. The van der Waals surface area contributed by atoms with E-state index in [9.17, 15) is 4.79 Å². The summed E-state index contributed by atoms with van der Waals surface area (Å²) in [4.78, 5) is 18.6. The lowest BCUT2D eigenvalue weighted by atomic mass is 10.0. The Morgan fingerprint density at radius 3 is 2.86 bits per heavy atom. The second kappa shape index (κ2) is 6.90. The molecule has 112 valence electrons. The highest BCUT2D eigenvalue weighted by molar-refractivity contribution is 6.29. The van der Waals surface area contributed by atoms with Crippen LogP contribution in [-0.2, 0) is 9.63 Å². The molecule has 1 aromatic rings. The number of benzene rings is 1. The second-order valence-electron chi connectivity index (χ2n) is 4.83. The third-order valence-corrected chi connectivity index (χ3v) is 3.01. The molecular weight excluding hydrogens is 270 g/mol. The van der Waals surface area contributed by atoms with Gasteiger partial charge in [0.05, 0.1) is 7.11 Å². The van der Waals surface area contributed by atoms with Crippen molar-refractivity contribution < 1.29 is 14.4 Å². The average Bonchev–Trinajstić information content (AvgIpc) is 2.84. The first-order chi connectivity index (χ1) is 10.1. The van der Waals surface area contributed by atoms with Crippen molar-refractivity contribution in [3.05, 3.63) is 41.6 Å². The number of ether oxygens (including phenoxy) is 1. The van der Waals surface area contributed by atoms with Crippen LogP contribution in [0.15, 0.2) is 41.2 Å². The Morgan fingerprint density at radius 2 is 2.14 bits per heavy atom. The summed E-state index contributed by atoms with van der Waals surface area (Å²) in [5.41, 5.74) is 1.61. The van der Waals surface area contributed by atoms with Gasteiger partial charge in [-0.3, -0.25) is 0 Å². The van der Waals surface area contributed by atoms with E-state index in [1.54, 1.807) is 13.3 Å². The van der Waals surface area contributed by atoms with Crippen LogP contribution in [0.1, 0.15) is 5.56 Å². The summed E-state index contributed by atoms with van der Waals surface area (Å²) in [6.07, 6.45) is 1.64. The molecule has 1 aliphatic rings. The minimum absolute atomic E-state index is 0.401. The third-order valence-electron chi connectivity index (χ3n) is 3.01. The van der Waals surface area contributed by atoms with E-state index in [1.807, 2.05) is 43.3 Å². The van der Waals surface area contributed by atoms with Gasteiger partial charge in [0.25, 0.3) is 0 Å². The van der Waals surface area contributed by atoms with E-state index in [2.05, 4.69) is 10.5 Å². The fourth-order valence-corrected chi connectivity index (χ4v) is 1.91. The zero-order valence-corrected chi connectivity index (χ0v) is 12.4. The Labute approximate surface area is 124 Å². The fourth-order valence-electron chi connectivity index (χ4n) is 1.91. The van der Waals surface area contributed by atoms with Gasteiger partial charge in [-0.2, -0.15) is 0 Å². The monoisotopic (exact) mass is 289 g/mol. The van der Waals surface area contributed by atoms with Crippen LogP contribution in [0.5, 0.6) is 5.75 Å². The Hall–Kier alpha value is -2.34. The maximum Gasteiger partial charge on any atom is 0.369 e. The Morgan fingerprint density at radius 1 is 1.38 bits per heavy atom. The number of carbonyl (C=O) groups excluding carboxylic acids is 1. The standard InChI is InChI=1S/C15H19N3O3/c1-18(2)9-8-16-10-12-14(17-21-15(12)19)11-6-4-5-7-13(11)20-3/h4-7,10,16H,8-9H2,1-3H3/b12-10-. The quantitative estimate of drug-likeness (QED) is 0.481. The molecule has 0 saturated heterocycles. The maximum absolute atomic E-state index is 11.8. The lowest BCUT2D eigenvalue weighted by Crippen LogP contribution is -2.24. The number of hydrogen-bond acceptors (Lipinski definition) is 6. The summed E-state index contributed by atoms with van der Waals surface area (Å²) >= 11 is 0. The Balaban J connectivity index is 2.18. The summed E-state index contributed by atoms with van der Waals surface area (Å²) in [6.45, 7) is 1.59. The lowest BCUT2D eigenvalue weighted by Gasteiger charge is -2.10. The van der Waals surface area contributed by atoms with Crippen molar-refractivity contribution in [3.63, 3.8) is 0 Å². The van der Waals surface area contributed by atoms with Crippen LogP contribution in [-0.4, -0.2) is 50.9 Å². The van der Waals surface area contributed by atoms with E-state index < -0.39 is 5.97 Å². The molecule has 0 amide bonds. The summed E-state index contributed by atoms with van der Waals surface area (Å²) in [6, 6.07) is 7.38. The number of nitrogens with one attached hydrogen (secondary N) is 1. The topological polar surface area (TPSA) is 63.2 Å². The van der Waals surface area contributed by atoms with E-state index in [1.165, 1.54) is 0 Å². The molecule has 1 aromatic carbocycles. The zero-order chi connectivity index (χ0) is 15.2. The van der Waals surface area contributed by atoms with E-state index >= 15 is 0 Å². The summed E-state index contributed by atoms with van der Waals surface area (Å²) in [5.74, 6) is 0.182. The molecule has 1 aliphatic heterocycles. The van der Waals surface area contributed by atoms with Crippen molar-refractivity contribution in [3.8, 4) is 5.75 Å². The van der Waals surface area contributed by atoms with Crippen LogP contribution < -0.4 is 10.1 Å². The van der Waals surface area contributed by atoms with E-state index in [0.29, 0.717) is 17.0 Å². The van der Waals surface area contributed by atoms with Gasteiger partial charge in [-0.1, -0.05) is 17.3 Å². The molecule has 1 N–H and O–H groups in total. The molecule has 0 spiro atoms. The highest BCUT2D eigenvalue weighted by Crippen LogP contribution is 2.25. The molecule has 6 nitrogen and oxygen atoms in total. The summed E-state index contributed by atoms with van der Waals surface area (Å²) < 4.78 is 5.30. The van der Waals surface area contributed by atoms with Gasteiger partial charge in [0.15, 0.2) is 0 Å². The summed E-state index contributed by atoms with van der Waals surface area (Å²) in [7, 11) is 5.55. The predicted molar refractivity (Wildman–Crippen MR) is 80.3 cm³/mol. The number of likely N-dealkylation sites (N-methyl/N-ethyl adjacent to an activating group) is 1. The highest BCUT2D eigenvalue weighted by atomic mass is 16.7. The average molecular weight is 289 g/mol. The smallest absolute Gasteiger partial charge is 0.369 e. The second-order valence-corrected chi connectivity index (χ2v) is 4.83. The van der Waals surface area contributed by atoms with Crippen LogP contribution in [0.3, 0.4) is 0 Å². The minimum Gasteiger partial charge on any atom is -0.496 e. The molecule has 1 heterocycles. The van der Waals surface area contributed by atoms with Crippen molar-refractivity contribution in [2.24, 2.45) is 5.16 Å². The van der Waals surface area contributed by atoms with Crippen molar-refractivity contribution in [2.75, 3.05) is 34.3 Å². The number of nitrogens with zero attached hydrogens (tertiary/aromatic N) is 2. The van der Waals surface area contributed by atoms with Crippen molar-refractivity contribution in [1.82, 2.24) is 10.2 Å². The van der Waals surface area contributed by atoms with Crippen LogP contribution in [0.25, 0.3) is 0 Å². The Kier molecular flexibility index (Phi) is 4.94. The first kappa shape index (κ1) is 15.1. The molecule has 0 unspecified atom stereocenters. The molecule has 0 bridgehead atoms. The van der Waals surface area contributed by atoms with Gasteiger partial charge in [-0.15, -0.1) is 0 Å². The van der Waals surface area contributed by atoms with Gasteiger partial charge in [0.1, 0.15) is 17.0 Å². The number of carbonyl (C=O) groups is 1. The molecule has 6 heteroatoms. The van der Waals surface area contributed by atoms with Crippen LogP contribution in [0.4, 0.5) is 0 Å². The minimum atomic E-state index is -0.465. The van der Waals surface area contributed by atoms with Crippen molar-refractivity contribution in [1.29, 1.82) is 0 Å². The Bertz CT molecular complexity index is 579. The van der Waals surface area contributed by atoms with Gasteiger partial charge in [-0.25, -0.2) is 4.79 Å². The van der Waals surface area contributed by atoms with Crippen LogP contribution in [0.2, 0.25) is 0 Å². The van der Waals surface area contributed by atoms with Gasteiger partial charge in [0.2, 0.25) is 0 Å². The van der Waals surface area contributed by atoms with Crippen LogP contribution >= 0.6 is 0 Å². The number of methoxy groups -OCH3 is 1. The SMILES string of the molecule is COc1ccccc1C1=NOC(=O)/C1=C\NCCN(C)C. The number of para-hydroxylation sites is 1. The molecule has 0 aromatic heterocycles. The van der Waals surface area contributed by atoms with Gasteiger partial charge in [-0.05, 0) is 26.2 Å². The zero-order valence-electron chi connectivity index (χ0n) is 12.4. The van der Waals surface area contributed by atoms with E-state index in [4.69, 9.17) is 9.57 Å². The van der Waals surface area contributed by atoms with E-state index in [-0.39, 0.29) is 0 Å². The molecule has 0 aliphatic carbocycles. The third kappa shape index (κ3) is 3.61. The number of oxime groups is 1. The van der Waals surface area contributed by atoms with E-state index in [0.717, 1.165) is 18.7 Å². The highest BCUT2D eigenvalue weighted by Gasteiger charge is 2.28. The maximum atomic E-state index is 11.8. The molecule has 0 fully saturated rings. The number of rotatable bonds is 6. The first-order valence-electron chi connectivity index (χ1n) is 6.65. The summed E-state index contributed by atoms with van der Waals surface area (Å²) in [5, 5.41) is 6.96. The van der Waals surface area contributed by atoms with Crippen LogP contribution in [0, 0.1) is 0 Å². The molecule has 0 radical (unpaired) electrons. The molecule has 0 atom stereocenters. The van der Waals surface area contributed by atoms with Gasteiger partial charge >= 0.3 is 5.97 Å². The van der Waals surface area contributed by atoms with Crippen molar-refractivity contribution in [2.45, 2.75) is 0 Å². The van der Waals surface area contributed by atoms with Crippen molar-refractivity contribution >= 4 is 11.7 Å². The molecule has 2 rings (SSSR count). The largest absolute Gasteiger partial charge is 0.496 e. The first-order valence-corrected chi connectivity index (χ1v) is 6.65. The molecule has 21 heavy (non-hydrogen) atoms. The number of hydrogen-bond donors (Lipinski definition) is 1. The predicted octanol–water partition coefficient (Wildman–Crippen LogP) is 0.991. The lowest BCUT2D eigenvalue weighted by molar-refractivity contribution is -0.136. The van der Waals surface area contributed by atoms with Gasteiger partial charge in [0, 0.05) is 24.9 Å².